The van der Waals surface area contributed by atoms with E-state index in [1.165, 1.54) is 6.07 Å². The van der Waals surface area contributed by atoms with Gasteiger partial charge in [0.2, 0.25) is 0 Å². The first-order valence-electron chi connectivity index (χ1n) is 6.37. The Morgan fingerprint density at radius 2 is 2.00 bits per heavy atom. The summed E-state index contributed by atoms with van der Waals surface area (Å²) in [7, 11) is 0. The summed E-state index contributed by atoms with van der Waals surface area (Å²) in [6.45, 7) is 1.76. The molecule has 2 unspecified atom stereocenters. The lowest BCUT2D eigenvalue weighted by molar-refractivity contribution is -0.147. The van der Waals surface area contributed by atoms with Gasteiger partial charge in [0, 0.05) is 0 Å². The SMILES string of the molecule is CCOC(=O)CC(O)C(O)c1ccc(F)c(CC(=O)O)c1. The van der Waals surface area contributed by atoms with E-state index in [0.29, 0.717) is 0 Å². The van der Waals surface area contributed by atoms with E-state index in [4.69, 9.17) is 5.11 Å². The second-order valence-corrected chi connectivity index (χ2v) is 4.44. The minimum absolute atomic E-state index is 0.109. The summed E-state index contributed by atoms with van der Waals surface area (Å²) >= 11 is 0. The topological polar surface area (TPSA) is 104 Å². The van der Waals surface area contributed by atoms with Gasteiger partial charge < -0.3 is 20.1 Å². The second kappa shape index (κ2) is 7.70. The molecule has 0 aliphatic carbocycles. The van der Waals surface area contributed by atoms with Crippen LogP contribution in [0.2, 0.25) is 0 Å². The molecule has 0 amide bonds. The van der Waals surface area contributed by atoms with Gasteiger partial charge in [0.1, 0.15) is 11.9 Å². The fraction of sp³-hybridized carbons (Fsp3) is 0.429. The van der Waals surface area contributed by atoms with Gasteiger partial charge in [-0.3, -0.25) is 9.59 Å². The molecular formula is C14H17FO6. The van der Waals surface area contributed by atoms with Crippen molar-refractivity contribution < 1.29 is 34.0 Å². The van der Waals surface area contributed by atoms with Gasteiger partial charge in [-0.2, -0.15) is 0 Å². The number of aliphatic hydroxyl groups is 2. The zero-order chi connectivity index (χ0) is 16.0. The Bertz CT molecular complexity index is 516. The number of aliphatic carboxylic acids is 1. The Labute approximate surface area is 120 Å². The van der Waals surface area contributed by atoms with Crippen molar-refractivity contribution >= 4 is 11.9 Å². The van der Waals surface area contributed by atoms with E-state index >= 15 is 0 Å². The van der Waals surface area contributed by atoms with Crippen LogP contribution in [0.25, 0.3) is 0 Å². The highest BCUT2D eigenvalue weighted by Crippen LogP contribution is 2.22. The number of hydrogen-bond donors (Lipinski definition) is 3. The molecule has 1 aromatic carbocycles. The predicted molar refractivity (Wildman–Crippen MR) is 70.0 cm³/mol. The van der Waals surface area contributed by atoms with Crippen molar-refractivity contribution in [3.05, 3.63) is 35.1 Å². The number of carboxylic acids is 1. The number of carbonyl (C=O) groups excluding carboxylic acids is 1. The Morgan fingerprint density at radius 1 is 1.33 bits per heavy atom. The highest BCUT2D eigenvalue weighted by atomic mass is 19.1. The number of carboxylic acid groups (broad SMARTS) is 1. The number of benzene rings is 1. The van der Waals surface area contributed by atoms with Crippen LogP contribution in [-0.2, 0) is 20.7 Å². The lowest BCUT2D eigenvalue weighted by atomic mass is 9.99. The maximum absolute atomic E-state index is 13.4. The largest absolute Gasteiger partial charge is 0.481 e. The normalized spacial score (nSPS) is 13.5. The Hall–Kier alpha value is -1.99. The summed E-state index contributed by atoms with van der Waals surface area (Å²) < 4.78 is 18.1. The number of ether oxygens (including phenoxy) is 1. The molecule has 0 saturated carbocycles. The van der Waals surface area contributed by atoms with Crippen molar-refractivity contribution in [3.63, 3.8) is 0 Å². The average molecular weight is 300 g/mol. The fourth-order valence-electron chi connectivity index (χ4n) is 1.80. The van der Waals surface area contributed by atoms with Crippen molar-refractivity contribution in [1.82, 2.24) is 0 Å². The van der Waals surface area contributed by atoms with Crippen LogP contribution in [0.5, 0.6) is 0 Å². The number of esters is 1. The molecule has 0 heterocycles. The molecule has 21 heavy (non-hydrogen) atoms. The van der Waals surface area contributed by atoms with Crippen LogP contribution in [0.15, 0.2) is 18.2 Å². The minimum atomic E-state index is -1.44. The zero-order valence-electron chi connectivity index (χ0n) is 11.5. The van der Waals surface area contributed by atoms with Crippen molar-refractivity contribution in [1.29, 1.82) is 0 Å². The third kappa shape index (κ3) is 5.13. The summed E-state index contributed by atoms with van der Waals surface area (Å²) in [5.41, 5.74) is 0.0202. The monoisotopic (exact) mass is 300 g/mol. The Balaban J connectivity index is 2.84. The summed E-state index contributed by atoms with van der Waals surface area (Å²) in [5, 5.41) is 28.3. The van der Waals surface area contributed by atoms with E-state index in [-0.39, 0.29) is 17.7 Å². The molecule has 6 nitrogen and oxygen atoms in total. The Kier molecular flexibility index (Phi) is 6.26. The van der Waals surface area contributed by atoms with Crippen molar-refractivity contribution in [3.8, 4) is 0 Å². The lowest BCUT2D eigenvalue weighted by Gasteiger charge is -2.18. The van der Waals surface area contributed by atoms with Gasteiger partial charge >= 0.3 is 11.9 Å². The second-order valence-electron chi connectivity index (χ2n) is 4.44. The van der Waals surface area contributed by atoms with E-state index in [1.54, 1.807) is 6.92 Å². The first-order chi connectivity index (χ1) is 9.85. The average Bonchev–Trinajstić information content (AvgIpc) is 2.40. The van der Waals surface area contributed by atoms with Gasteiger partial charge in [-0.25, -0.2) is 4.39 Å². The summed E-state index contributed by atoms with van der Waals surface area (Å²) in [6.07, 6.45) is -3.82. The summed E-state index contributed by atoms with van der Waals surface area (Å²) in [5.74, 6) is -2.60. The molecule has 7 heteroatoms. The highest BCUT2D eigenvalue weighted by Gasteiger charge is 2.23. The molecule has 116 valence electrons. The molecule has 1 aromatic rings. The maximum atomic E-state index is 13.4. The van der Waals surface area contributed by atoms with Gasteiger partial charge in [-0.15, -0.1) is 0 Å². The zero-order valence-corrected chi connectivity index (χ0v) is 11.5. The van der Waals surface area contributed by atoms with Crippen LogP contribution in [0, 0.1) is 5.82 Å². The van der Waals surface area contributed by atoms with E-state index < -0.39 is 42.8 Å². The van der Waals surface area contributed by atoms with Crippen LogP contribution in [0.4, 0.5) is 4.39 Å². The third-order valence-electron chi connectivity index (χ3n) is 2.80. The molecule has 3 N–H and O–H groups in total. The van der Waals surface area contributed by atoms with Gasteiger partial charge in [0.05, 0.1) is 25.6 Å². The number of hydrogen-bond acceptors (Lipinski definition) is 5. The van der Waals surface area contributed by atoms with Gasteiger partial charge in [0.15, 0.2) is 0 Å². The fourth-order valence-corrected chi connectivity index (χ4v) is 1.80. The maximum Gasteiger partial charge on any atom is 0.308 e. The third-order valence-corrected chi connectivity index (χ3v) is 2.80. The molecule has 2 atom stereocenters. The minimum Gasteiger partial charge on any atom is -0.481 e. The first-order valence-corrected chi connectivity index (χ1v) is 6.37. The molecule has 0 aromatic heterocycles. The van der Waals surface area contributed by atoms with Crippen LogP contribution < -0.4 is 0 Å². The molecule has 0 spiro atoms. The predicted octanol–water partition coefficient (Wildman–Crippen LogP) is 0.800. The standard InChI is InChI=1S/C14H17FO6/c1-2-21-13(19)7-11(16)14(20)8-3-4-10(15)9(5-8)6-12(17)18/h3-5,11,14,16,20H,2,6-7H2,1H3,(H,17,18). The van der Waals surface area contributed by atoms with Gasteiger partial charge in [0.25, 0.3) is 0 Å². The summed E-state index contributed by atoms with van der Waals surface area (Å²) in [6, 6.07) is 3.39. The van der Waals surface area contributed by atoms with Crippen LogP contribution in [0.3, 0.4) is 0 Å². The molecule has 0 bridgehead atoms. The smallest absolute Gasteiger partial charge is 0.308 e. The number of carbonyl (C=O) groups is 2. The van der Waals surface area contributed by atoms with Gasteiger partial charge in [-0.05, 0) is 30.2 Å². The van der Waals surface area contributed by atoms with Crippen molar-refractivity contribution in [2.24, 2.45) is 0 Å². The van der Waals surface area contributed by atoms with Crippen LogP contribution in [-0.4, -0.2) is 40.0 Å². The van der Waals surface area contributed by atoms with E-state index in [0.717, 1.165) is 12.1 Å². The molecule has 0 saturated heterocycles. The van der Waals surface area contributed by atoms with Gasteiger partial charge in [-0.1, -0.05) is 6.07 Å². The molecule has 0 fully saturated rings. The quantitative estimate of drug-likeness (QED) is 0.643. The lowest BCUT2D eigenvalue weighted by Crippen LogP contribution is -2.23. The molecular weight excluding hydrogens is 283 g/mol. The number of halogens is 1. The molecule has 0 radical (unpaired) electrons. The first kappa shape index (κ1) is 17.1. The molecule has 0 aliphatic rings. The van der Waals surface area contributed by atoms with Crippen molar-refractivity contribution in [2.75, 3.05) is 6.61 Å². The van der Waals surface area contributed by atoms with Crippen LogP contribution >= 0.6 is 0 Å². The number of aliphatic hydroxyl groups excluding tert-OH is 2. The summed E-state index contributed by atoms with van der Waals surface area (Å²) in [4.78, 5) is 21.8. The van der Waals surface area contributed by atoms with E-state index in [9.17, 15) is 24.2 Å². The highest BCUT2D eigenvalue weighted by molar-refractivity contribution is 5.70. The van der Waals surface area contributed by atoms with E-state index in [1.807, 2.05) is 0 Å². The molecule has 0 aliphatic heterocycles. The molecule has 1 rings (SSSR count). The number of rotatable bonds is 7. The van der Waals surface area contributed by atoms with Crippen molar-refractivity contribution in [2.45, 2.75) is 32.0 Å². The van der Waals surface area contributed by atoms with Crippen LogP contribution in [0.1, 0.15) is 30.6 Å². The van der Waals surface area contributed by atoms with E-state index in [2.05, 4.69) is 4.74 Å². The Morgan fingerprint density at radius 3 is 2.57 bits per heavy atom.